The van der Waals surface area contributed by atoms with E-state index < -0.39 is 23.8 Å². The minimum absolute atomic E-state index is 0.0773. The lowest BCUT2D eigenvalue weighted by Crippen LogP contribution is -2.76. The minimum Gasteiger partial charge on any atom is -0.387 e. The van der Waals surface area contributed by atoms with Gasteiger partial charge in [-0.1, -0.05) is 96.8 Å². The molecule has 0 bridgehead atoms. The zero-order valence-corrected chi connectivity index (χ0v) is 17.2. The van der Waals surface area contributed by atoms with Crippen LogP contribution in [-0.2, 0) is 0 Å². The second-order valence-electron chi connectivity index (χ2n) is 7.93. The molecule has 0 radical (unpaired) electrons. The highest BCUT2D eigenvalue weighted by molar-refractivity contribution is 4.97. The molecule has 0 aliphatic carbocycles. The van der Waals surface area contributed by atoms with Gasteiger partial charge in [0.25, 0.3) is 0 Å². The molecule has 0 spiro atoms. The van der Waals surface area contributed by atoms with Gasteiger partial charge in [-0.05, 0) is 6.42 Å². The molecule has 0 heterocycles. The van der Waals surface area contributed by atoms with Crippen molar-refractivity contribution in [1.29, 1.82) is 0 Å². The summed E-state index contributed by atoms with van der Waals surface area (Å²) in [6, 6.07) is 0. The fourth-order valence-corrected chi connectivity index (χ4v) is 3.21. The van der Waals surface area contributed by atoms with Crippen molar-refractivity contribution in [3.63, 3.8) is 0 Å². The lowest BCUT2D eigenvalue weighted by Gasteiger charge is -2.41. The number of hydrogen-bond acceptors (Lipinski definition) is 7. The van der Waals surface area contributed by atoms with Crippen LogP contribution in [0.2, 0.25) is 0 Å². The van der Waals surface area contributed by atoms with Crippen LogP contribution in [0, 0.1) is 0 Å². The summed E-state index contributed by atoms with van der Waals surface area (Å²) in [5.41, 5.74) is 7.99. The molecule has 27 heavy (non-hydrogen) atoms. The van der Waals surface area contributed by atoms with Crippen molar-refractivity contribution >= 4 is 0 Å². The van der Waals surface area contributed by atoms with E-state index in [0.29, 0.717) is 6.42 Å². The Balaban J connectivity index is 3.59. The van der Waals surface area contributed by atoms with Crippen LogP contribution in [0.4, 0.5) is 0 Å². The molecule has 0 fully saturated rings. The maximum atomic E-state index is 9.87. The van der Waals surface area contributed by atoms with Gasteiger partial charge >= 0.3 is 0 Å². The first-order valence-electron chi connectivity index (χ1n) is 10.7. The van der Waals surface area contributed by atoms with Crippen molar-refractivity contribution < 1.29 is 25.5 Å². The molecule has 0 saturated heterocycles. The predicted molar refractivity (Wildman–Crippen MR) is 107 cm³/mol. The second-order valence-corrected chi connectivity index (χ2v) is 7.93. The van der Waals surface area contributed by atoms with Gasteiger partial charge in [0, 0.05) is 0 Å². The highest BCUT2D eigenvalue weighted by Gasteiger charge is 2.53. The van der Waals surface area contributed by atoms with Crippen molar-refractivity contribution in [2.45, 2.75) is 127 Å². The summed E-state index contributed by atoms with van der Waals surface area (Å²) >= 11 is 0. The summed E-state index contributed by atoms with van der Waals surface area (Å²) in [6.45, 7) is 2.24. The van der Waals surface area contributed by atoms with Crippen LogP contribution >= 0.6 is 0 Å². The summed E-state index contributed by atoms with van der Waals surface area (Å²) in [7, 11) is 0. The normalized spacial score (nSPS) is 14.1. The van der Waals surface area contributed by atoms with Gasteiger partial charge in [-0.2, -0.15) is 0 Å². The molecule has 0 aliphatic heterocycles. The van der Waals surface area contributed by atoms with Crippen molar-refractivity contribution in [3.05, 3.63) is 0 Å². The Hall–Kier alpha value is -0.280. The fourth-order valence-electron chi connectivity index (χ4n) is 3.21. The maximum Gasteiger partial charge on any atom is 0.226 e. The quantitative estimate of drug-likeness (QED) is 0.139. The number of unbranched alkanes of at least 4 members (excludes halogenated alkanes) is 13. The molecule has 7 nitrogen and oxygen atoms in total. The molecule has 1 atom stereocenters. The van der Waals surface area contributed by atoms with Gasteiger partial charge in [0.15, 0.2) is 12.0 Å². The molecule has 7 heteroatoms. The van der Waals surface area contributed by atoms with Crippen LogP contribution in [0.15, 0.2) is 0 Å². The lowest BCUT2D eigenvalue weighted by molar-refractivity contribution is -0.303. The van der Waals surface area contributed by atoms with E-state index in [1.807, 2.05) is 0 Å². The molecule has 0 saturated carbocycles. The van der Waals surface area contributed by atoms with Gasteiger partial charge < -0.3 is 37.0 Å². The van der Waals surface area contributed by atoms with Gasteiger partial charge in [-0.25, -0.2) is 0 Å². The molecular weight excluding hydrogens is 348 g/mol. The first kappa shape index (κ1) is 26.7. The van der Waals surface area contributed by atoms with Crippen LogP contribution in [0.1, 0.15) is 103 Å². The second kappa shape index (κ2) is 14.7. The zero-order chi connectivity index (χ0) is 20.8. The summed E-state index contributed by atoms with van der Waals surface area (Å²) in [6.07, 6.45) is 12.8. The van der Waals surface area contributed by atoms with Crippen LogP contribution in [0.25, 0.3) is 0 Å². The van der Waals surface area contributed by atoms with Gasteiger partial charge in [0.1, 0.15) is 6.10 Å². The lowest BCUT2D eigenvalue weighted by atomic mass is 9.91. The monoisotopic (exact) mass is 392 g/mol. The summed E-state index contributed by atoms with van der Waals surface area (Å²) in [5.74, 6) is -2.97. The van der Waals surface area contributed by atoms with E-state index in [1.165, 1.54) is 64.2 Å². The standard InChI is InChI=1S/C20H44N2O5/c1-2-3-4-5-6-7-8-9-10-11-12-13-14-15-16-17(23)20(26,27)19(21,22)18(24)25/h17-18,23-27H,2-16,21-22H2,1H3. The van der Waals surface area contributed by atoms with Gasteiger partial charge in [-0.3, -0.25) is 0 Å². The molecule has 0 aliphatic rings. The zero-order valence-electron chi connectivity index (χ0n) is 17.2. The van der Waals surface area contributed by atoms with E-state index in [0.717, 1.165) is 19.3 Å². The van der Waals surface area contributed by atoms with Gasteiger partial charge in [0.2, 0.25) is 5.79 Å². The van der Waals surface area contributed by atoms with Crippen LogP contribution in [-0.4, -0.2) is 49.4 Å². The van der Waals surface area contributed by atoms with Crippen molar-refractivity contribution in [1.82, 2.24) is 0 Å². The van der Waals surface area contributed by atoms with E-state index >= 15 is 0 Å². The predicted octanol–water partition coefficient (Wildman–Crippen LogP) is 1.82. The highest BCUT2D eigenvalue weighted by atomic mass is 16.5. The topological polar surface area (TPSA) is 153 Å². The Kier molecular flexibility index (Phi) is 14.5. The summed E-state index contributed by atoms with van der Waals surface area (Å²) in [5, 5.41) is 47.6. The Bertz CT molecular complexity index is 351. The highest BCUT2D eigenvalue weighted by Crippen LogP contribution is 2.23. The Labute approximate surface area is 164 Å². The summed E-state index contributed by atoms with van der Waals surface area (Å²) < 4.78 is 0. The molecule has 9 N–H and O–H groups in total. The fraction of sp³-hybridized carbons (Fsp3) is 1.00. The molecule has 0 aromatic heterocycles. The molecule has 0 rings (SSSR count). The van der Waals surface area contributed by atoms with Crippen LogP contribution < -0.4 is 11.5 Å². The van der Waals surface area contributed by atoms with E-state index in [1.54, 1.807) is 0 Å². The van der Waals surface area contributed by atoms with E-state index in [9.17, 15) is 15.3 Å². The smallest absolute Gasteiger partial charge is 0.226 e. The van der Waals surface area contributed by atoms with Crippen molar-refractivity contribution in [2.24, 2.45) is 11.5 Å². The molecule has 164 valence electrons. The summed E-state index contributed by atoms with van der Waals surface area (Å²) in [4.78, 5) is 0. The van der Waals surface area contributed by atoms with E-state index in [2.05, 4.69) is 6.92 Å². The molecule has 0 amide bonds. The Morgan fingerprint density at radius 3 is 1.30 bits per heavy atom. The molecular formula is C20H44N2O5. The maximum absolute atomic E-state index is 9.87. The van der Waals surface area contributed by atoms with Crippen LogP contribution in [0.3, 0.4) is 0 Å². The Morgan fingerprint density at radius 2 is 0.963 bits per heavy atom. The molecule has 0 aromatic carbocycles. The number of aliphatic hydroxyl groups is 5. The third kappa shape index (κ3) is 10.7. The molecule has 1 unspecified atom stereocenters. The third-order valence-electron chi connectivity index (χ3n) is 5.36. The average Bonchev–Trinajstić information content (AvgIpc) is 2.61. The van der Waals surface area contributed by atoms with Crippen LogP contribution in [0.5, 0.6) is 0 Å². The first-order valence-corrected chi connectivity index (χ1v) is 10.7. The van der Waals surface area contributed by atoms with Gasteiger partial charge in [-0.15, -0.1) is 0 Å². The largest absolute Gasteiger partial charge is 0.387 e. The van der Waals surface area contributed by atoms with Crippen molar-refractivity contribution in [2.75, 3.05) is 0 Å². The van der Waals surface area contributed by atoms with E-state index in [4.69, 9.17) is 21.7 Å². The SMILES string of the molecule is CCCCCCCCCCCCCCCCC(O)C(O)(O)C(N)(N)C(O)O. The number of aliphatic hydroxyl groups excluding tert-OH is 2. The number of nitrogens with two attached hydrogens (primary N) is 2. The Morgan fingerprint density at radius 1 is 0.630 bits per heavy atom. The van der Waals surface area contributed by atoms with Gasteiger partial charge in [0.05, 0.1) is 0 Å². The minimum atomic E-state index is -2.97. The average molecular weight is 393 g/mol. The van der Waals surface area contributed by atoms with Crippen molar-refractivity contribution in [3.8, 4) is 0 Å². The molecule has 0 aromatic rings. The van der Waals surface area contributed by atoms with E-state index in [-0.39, 0.29) is 6.42 Å². The third-order valence-corrected chi connectivity index (χ3v) is 5.36. The number of rotatable bonds is 18. The first-order chi connectivity index (χ1) is 12.7. The number of hydrogen-bond donors (Lipinski definition) is 7.